The number of aryl methyl sites for hydroxylation is 1. The number of rotatable bonds is 6. The standard InChI is InChI=1S/C13H16FNO3/c1-9(13(17)18)8-15-12(16)6-5-10-3-2-4-11(14)7-10/h2-4,7,9H,5-6,8H2,1H3,(H,15,16)(H,17,18). The molecule has 1 aromatic carbocycles. The highest BCUT2D eigenvalue weighted by Crippen LogP contribution is 2.06. The van der Waals surface area contributed by atoms with Crippen molar-refractivity contribution in [1.82, 2.24) is 5.32 Å². The van der Waals surface area contributed by atoms with Crippen molar-refractivity contribution in [1.29, 1.82) is 0 Å². The third-order valence-corrected chi connectivity index (χ3v) is 2.56. The molecule has 1 rings (SSSR count). The van der Waals surface area contributed by atoms with Crippen molar-refractivity contribution >= 4 is 11.9 Å². The van der Waals surface area contributed by atoms with E-state index in [0.717, 1.165) is 5.56 Å². The minimum Gasteiger partial charge on any atom is -0.481 e. The van der Waals surface area contributed by atoms with Gasteiger partial charge in [0.1, 0.15) is 5.82 Å². The topological polar surface area (TPSA) is 66.4 Å². The molecular weight excluding hydrogens is 237 g/mol. The van der Waals surface area contributed by atoms with Crippen LogP contribution in [0.25, 0.3) is 0 Å². The summed E-state index contributed by atoms with van der Waals surface area (Å²) in [4.78, 5) is 22.0. The van der Waals surface area contributed by atoms with E-state index in [1.165, 1.54) is 19.1 Å². The Morgan fingerprint density at radius 3 is 2.78 bits per heavy atom. The zero-order valence-electron chi connectivity index (χ0n) is 10.1. The molecule has 0 aliphatic heterocycles. The molecule has 98 valence electrons. The van der Waals surface area contributed by atoms with E-state index in [4.69, 9.17) is 5.11 Å². The third-order valence-electron chi connectivity index (χ3n) is 2.56. The molecule has 0 bridgehead atoms. The van der Waals surface area contributed by atoms with E-state index >= 15 is 0 Å². The molecule has 1 amide bonds. The Balaban J connectivity index is 2.31. The lowest BCUT2D eigenvalue weighted by Gasteiger charge is -2.08. The molecule has 0 saturated carbocycles. The maximum Gasteiger partial charge on any atom is 0.308 e. The zero-order valence-corrected chi connectivity index (χ0v) is 10.1. The molecule has 1 unspecified atom stereocenters. The first-order valence-electron chi connectivity index (χ1n) is 5.73. The van der Waals surface area contributed by atoms with E-state index in [9.17, 15) is 14.0 Å². The lowest BCUT2D eigenvalue weighted by molar-refractivity contribution is -0.141. The number of carbonyl (C=O) groups excluding carboxylic acids is 1. The molecular formula is C13H16FNO3. The van der Waals surface area contributed by atoms with E-state index in [1.807, 2.05) is 0 Å². The van der Waals surface area contributed by atoms with Crippen LogP contribution < -0.4 is 5.32 Å². The molecule has 1 aromatic rings. The predicted molar refractivity (Wildman–Crippen MR) is 64.5 cm³/mol. The van der Waals surface area contributed by atoms with E-state index < -0.39 is 11.9 Å². The molecule has 2 N–H and O–H groups in total. The molecule has 18 heavy (non-hydrogen) atoms. The van der Waals surface area contributed by atoms with Crippen LogP contribution in [0.1, 0.15) is 18.9 Å². The first-order chi connectivity index (χ1) is 8.49. The Labute approximate surface area is 105 Å². The molecule has 0 fully saturated rings. The van der Waals surface area contributed by atoms with Crippen LogP contribution in [-0.4, -0.2) is 23.5 Å². The van der Waals surface area contributed by atoms with Gasteiger partial charge >= 0.3 is 5.97 Å². The van der Waals surface area contributed by atoms with Gasteiger partial charge in [-0.05, 0) is 24.1 Å². The highest BCUT2D eigenvalue weighted by molar-refractivity contribution is 5.77. The molecule has 0 heterocycles. The van der Waals surface area contributed by atoms with Crippen LogP contribution in [0.2, 0.25) is 0 Å². The van der Waals surface area contributed by atoms with Gasteiger partial charge in [0.25, 0.3) is 0 Å². The number of nitrogens with one attached hydrogen (secondary N) is 1. The van der Waals surface area contributed by atoms with E-state index in [-0.39, 0.29) is 24.7 Å². The van der Waals surface area contributed by atoms with Gasteiger partial charge in [-0.3, -0.25) is 9.59 Å². The van der Waals surface area contributed by atoms with Gasteiger partial charge in [-0.15, -0.1) is 0 Å². The summed E-state index contributed by atoms with van der Waals surface area (Å²) in [7, 11) is 0. The van der Waals surface area contributed by atoms with Crippen LogP contribution in [0.4, 0.5) is 4.39 Å². The number of aliphatic carboxylic acids is 1. The number of carbonyl (C=O) groups is 2. The van der Waals surface area contributed by atoms with Gasteiger partial charge in [0, 0.05) is 13.0 Å². The van der Waals surface area contributed by atoms with Crippen LogP contribution in [0.3, 0.4) is 0 Å². The average molecular weight is 253 g/mol. The zero-order chi connectivity index (χ0) is 13.5. The van der Waals surface area contributed by atoms with Gasteiger partial charge in [-0.2, -0.15) is 0 Å². The second-order valence-corrected chi connectivity index (χ2v) is 4.17. The van der Waals surface area contributed by atoms with E-state index in [1.54, 1.807) is 12.1 Å². The molecule has 0 aliphatic rings. The van der Waals surface area contributed by atoms with Crippen molar-refractivity contribution in [3.05, 3.63) is 35.6 Å². The van der Waals surface area contributed by atoms with Crippen LogP contribution in [-0.2, 0) is 16.0 Å². The molecule has 0 saturated heterocycles. The maximum atomic E-state index is 12.9. The van der Waals surface area contributed by atoms with E-state index in [2.05, 4.69) is 5.32 Å². The van der Waals surface area contributed by atoms with Crippen molar-refractivity contribution in [3.63, 3.8) is 0 Å². The Morgan fingerprint density at radius 2 is 2.17 bits per heavy atom. The first-order valence-corrected chi connectivity index (χ1v) is 5.73. The second kappa shape index (κ2) is 6.74. The summed E-state index contributed by atoms with van der Waals surface area (Å²) in [6.45, 7) is 1.63. The summed E-state index contributed by atoms with van der Waals surface area (Å²) in [5.41, 5.74) is 0.747. The largest absolute Gasteiger partial charge is 0.481 e. The van der Waals surface area contributed by atoms with Crippen LogP contribution in [0.5, 0.6) is 0 Å². The van der Waals surface area contributed by atoms with Gasteiger partial charge in [0.15, 0.2) is 0 Å². The van der Waals surface area contributed by atoms with Crippen molar-refractivity contribution in [3.8, 4) is 0 Å². The van der Waals surface area contributed by atoms with Gasteiger partial charge in [-0.1, -0.05) is 19.1 Å². The number of hydrogen-bond acceptors (Lipinski definition) is 2. The lowest BCUT2D eigenvalue weighted by Crippen LogP contribution is -2.31. The van der Waals surface area contributed by atoms with Crippen LogP contribution in [0.15, 0.2) is 24.3 Å². The Hall–Kier alpha value is -1.91. The normalized spacial score (nSPS) is 11.9. The van der Waals surface area contributed by atoms with Crippen molar-refractivity contribution in [2.45, 2.75) is 19.8 Å². The minimum atomic E-state index is -0.944. The Morgan fingerprint density at radius 1 is 1.44 bits per heavy atom. The third kappa shape index (κ3) is 4.95. The summed E-state index contributed by atoms with van der Waals surface area (Å²) in [5, 5.41) is 11.2. The van der Waals surface area contributed by atoms with Crippen molar-refractivity contribution < 1.29 is 19.1 Å². The average Bonchev–Trinajstić information content (AvgIpc) is 2.33. The minimum absolute atomic E-state index is 0.108. The fourth-order valence-electron chi connectivity index (χ4n) is 1.39. The lowest BCUT2D eigenvalue weighted by atomic mass is 10.1. The summed E-state index contributed by atoms with van der Waals surface area (Å²) in [6, 6.07) is 6.07. The Kier molecular flexibility index (Phi) is 5.30. The maximum absolute atomic E-state index is 12.9. The summed E-state index contributed by atoms with van der Waals surface area (Å²) >= 11 is 0. The fraction of sp³-hybridized carbons (Fsp3) is 0.385. The number of benzene rings is 1. The van der Waals surface area contributed by atoms with E-state index in [0.29, 0.717) is 6.42 Å². The Bertz CT molecular complexity index is 434. The smallest absolute Gasteiger partial charge is 0.308 e. The first kappa shape index (κ1) is 14.2. The number of halogens is 1. The molecule has 5 heteroatoms. The molecule has 1 atom stereocenters. The van der Waals surface area contributed by atoms with Crippen LogP contribution in [0, 0.1) is 11.7 Å². The summed E-state index contributed by atoms with van der Waals surface area (Å²) in [6.07, 6.45) is 0.654. The quantitative estimate of drug-likeness (QED) is 0.809. The predicted octanol–water partition coefficient (Wildman–Crippen LogP) is 1.60. The summed E-state index contributed by atoms with van der Waals surface area (Å²) < 4.78 is 12.9. The highest BCUT2D eigenvalue weighted by atomic mass is 19.1. The highest BCUT2D eigenvalue weighted by Gasteiger charge is 2.11. The van der Waals surface area contributed by atoms with Gasteiger partial charge < -0.3 is 10.4 Å². The van der Waals surface area contributed by atoms with Gasteiger partial charge in [0.05, 0.1) is 5.92 Å². The fourth-order valence-corrected chi connectivity index (χ4v) is 1.39. The number of amides is 1. The second-order valence-electron chi connectivity index (χ2n) is 4.17. The van der Waals surface area contributed by atoms with Crippen molar-refractivity contribution in [2.24, 2.45) is 5.92 Å². The van der Waals surface area contributed by atoms with Crippen LogP contribution >= 0.6 is 0 Å². The monoisotopic (exact) mass is 253 g/mol. The number of carboxylic acids is 1. The number of carboxylic acid groups (broad SMARTS) is 1. The number of hydrogen-bond donors (Lipinski definition) is 2. The van der Waals surface area contributed by atoms with Gasteiger partial charge in [0.2, 0.25) is 5.91 Å². The SMILES string of the molecule is CC(CNC(=O)CCc1cccc(F)c1)C(=O)O. The molecule has 4 nitrogen and oxygen atoms in total. The van der Waals surface area contributed by atoms with Gasteiger partial charge in [-0.25, -0.2) is 4.39 Å². The molecule has 0 aliphatic carbocycles. The molecule has 0 spiro atoms. The summed E-state index contributed by atoms with van der Waals surface area (Å²) in [5.74, 6) is -2.11. The molecule has 0 radical (unpaired) electrons. The van der Waals surface area contributed by atoms with Crippen molar-refractivity contribution in [2.75, 3.05) is 6.54 Å². The molecule has 0 aromatic heterocycles.